The third-order valence-electron chi connectivity index (χ3n) is 6.38. The SMILES string of the molecule is CC(F)C(F)(F)OC1=NN(C)C(n2cc(-c3cc(F)c(Cl)c(C(=O)CC4(C#N)CC4)c3)cn2)C1C(F)(F)F. The Bertz CT molecular complexity index is 1330. The van der Waals surface area contributed by atoms with Crippen LogP contribution in [-0.2, 0) is 4.74 Å². The predicted octanol–water partition coefficient (Wildman–Crippen LogP) is 6.12. The lowest BCUT2D eigenvalue weighted by molar-refractivity contribution is -0.235. The van der Waals surface area contributed by atoms with Crippen LogP contribution >= 0.6 is 11.6 Å². The Hall–Kier alpha value is -3.34. The molecule has 7 nitrogen and oxygen atoms in total. The fourth-order valence-corrected chi connectivity index (χ4v) is 4.24. The van der Waals surface area contributed by atoms with Gasteiger partial charge in [0.2, 0.25) is 12.1 Å². The fraction of sp³-hybridized carbons (Fsp3) is 0.478. The minimum atomic E-state index is -5.15. The third kappa shape index (κ3) is 5.16. The molecule has 0 spiro atoms. The lowest BCUT2D eigenvalue weighted by Crippen LogP contribution is -2.42. The number of nitrogens with zero attached hydrogens (tertiary/aromatic N) is 5. The first-order chi connectivity index (χ1) is 17.6. The van der Waals surface area contributed by atoms with E-state index in [1.807, 2.05) is 0 Å². The first kappa shape index (κ1) is 27.7. The summed E-state index contributed by atoms with van der Waals surface area (Å²) in [5.74, 6) is -5.75. The molecule has 0 saturated heterocycles. The number of rotatable bonds is 7. The number of ether oxygens (including phenoxy) is 1. The van der Waals surface area contributed by atoms with Gasteiger partial charge in [-0.3, -0.25) is 9.80 Å². The Morgan fingerprint density at radius 1 is 1.29 bits per heavy atom. The number of ketones is 1. The van der Waals surface area contributed by atoms with Crippen molar-refractivity contribution in [3.8, 4) is 17.2 Å². The maximum absolute atomic E-state index is 14.6. The van der Waals surface area contributed by atoms with Crippen LogP contribution in [0.3, 0.4) is 0 Å². The molecule has 1 aromatic heterocycles. The van der Waals surface area contributed by atoms with E-state index in [0.29, 0.717) is 24.8 Å². The first-order valence-corrected chi connectivity index (χ1v) is 11.5. The van der Waals surface area contributed by atoms with Crippen molar-refractivity contribution < 1.29 is 40.3 Å². The van der Waals surface area contributed by atoms with E-state index in [4.69, 9.17) is 11.6 Å². The molecule has 4 rings (SSSR count). The van der Waals surface area contributed by atoms with Gasteiger partial charge in [-0.25, -0.2) is 13.5 Å². The van der Waals surface area contributed by atoms with Crippen LogP contribution < -0.4 is 0 Å². The van der Waals surface area contributed by atoms with Gasteiger partial charge in [0, 0.05) is 30.8 Å². The Morgan fingerprint density at radius 3 is 2.50 bits per heavy atom. The largest absolute Gasteiger partial charge is 0.430 e. The van der Waals surface area contributed by atoms with Gasteiger partial charge < -0.3 is 4.74 Å². The number of hydrazone groups is 1. The van der Waals surface area contributed by atoms with E-state index >= 15 is 0 Å². The summed E-state index contributed by atoms with van der Waals surface area (Å²) in [5.41, 5.74) is -0.914. The van der Waals surface area contributed by atoms with Gasteiger partial charge in [-0.15, -0.1) is 5.10 Å². The number of nitriles is 1. The minimum absolute atomic E-state index is 0.0442. The summed E-state index contributed by atoms with van der Waals surface area (Å²) in [6.45, 7) is 0.425. The number of aromatic nitrogens is 2. The molecular formula is C23H19ClF7N5O2. The van der Waals surface area contributed by atoms with Crippen molar-refractivity contribution in [2.75, 3.05) is 7.05 Å². The standard InChI is InChI=1S/C23H19ClF7N5O2/c1-11(25)23(30,31)38-19-17(22(27,28)29)20(35(2)34-19)36-9-13(8-33-36)12-5-14(18(24)15(26)6-12)16(37)7-21(10-32)3-4-21/h5-6,8-9,11,17,20H,3-4,7H2,1-2H3. The quantitative estimate of drug-likeness (QED) is 0.298. The average Bonchev–Trinajstić information content (AvgIpc) is 3.26. The summed E-state index contributed by atoms with van der Waals surface area (Å²) in [5, 5.41) is 16.7. The van der Waals surface area contributed by atoms with Gasteiger partial charge in [-0.05, 0) is 37.5 Å². The summed E-state index contributed by atoms with van der Waals surface area (Å²) >= 11 is 5.98. The number of halogens is 8. The van der Waals surface area contributed by atoms with Crippen LogP contribution in [-0.4, -0.2) is 52.0 Å². The second-order valence-electron chi connectivity index (χ2n) is 9.25. The van der Waals surface area contributed by atoms with Crippen LogP contribution in [0.2, 0.25) is 5.02 Å². The topological polar surface area (TPSA) is 83.5 Å². The van der Waals surface area contributed by atoms with E-state index in [1.165, 1.54) is 6.07 Å². The van der Waals surface area contributed by atoms with Crippen LogP contribution in [0.4, 0.5) is 30.7 Å². The average molecular weight is 566 g/mol. The lowest BCUT2D eigenvalue weighted by atomic mass is 9.95. The number of hydrogen-bond donors (Lipinski definition) is 0. The lowest BCUT2D eigenvalue weighted by Gasteiger charge is -2.27. The van der Waals surface area contributed by atoms with Crippen LogP contribution in [0.1, 0.15) is 42.7 Å². The van der Waals surface area contributed by atoms with Gasteiger partial charge in [-0.1, -0.05) is 11.6 Å². The Morgan fingerprint density at radius 2 is 1.95 bits per heavy atom. The van der Waals surface area contributed by atoms with E-state index in [2.05, 4.69) is 21.0 Å². The van der Waals surface area contributed by atoms with Crippen molar-refractivity contribution in [3.63, 3.8) is 0 Å². The zero-order valence-corrected chi connectivity index (χ0v) is 20.5. The molecule has 0 radical (unpaired) electrons. The molecule has 3 atom stereocenters. The minimum Gasteiger partial charge on any atom is -0.414 e. The molecule has 0 N–H and O–H groups in total. The van der Waals surface area contributed by atoms with E-state index in [1.54, 1.807) is 0 Å². The summed E-state index contributed by atoms with van der Waals surface area (Å²) in [4.78, 5) is 12.8. The normalized spacial score (nSPS) is 21.6. The molecule has 1 saturated carbocycles. The Balaban J connectivity index is 1.66. The van der Waals surface area contributed by atoms with Gasteiger partial charge in [0.05, 0.1) is 22.7 Å². The van der Waals surface area contributed by atoms with Crippen LogP contribution in [0.5, 0.6) is 0 Å². The highest BCUT2D eigenvalue weighted by molar-refractivity contribution is 6.34. The molecule has 38 heavy (non-hydrogen) atoms. The molecule has 1 fully saturated rings. The summed E-state index contributed by atoms with van der Waals surface area (Å²) in [7, 11) is 1.06. The number of benzene rings is 1. The van der Waals surface area contributed by atoms with Crippen molar-refractivity contribution >= 4 is 23.3 Å². The van der Waals surface area contributed by atoms with Crippen molar-refractivity contribution in [3.05, 3.63) is 40.9 Å². The zero-order valence-electron chi connectivity index (χ0n) is 19.7. The molecule has 2 aliphatic rings. The van der Waals surface area contributed by atoms with Gasteiger partial charge >= 0.3 is 12.3 Å². The number of carbonyl (C=O) groups excluding carboxylic acids is 1. The molecule has 2 aromatic rings. The predicted molar refractivity (Wildman–Crippen MR) is 119 cm³/mol. The number of carbonyl (C=O) groups is 1. The van der Waals surface area contributed by atoms with Crippen molar-refractivity contribution in [2.24, 2.45) is 16.4 Å². The number of Topliss-reactive ketones (excluding diaryl/α,β-unsaturated/α-hetero) is 1. The van der Waals surface area contributed by atoms with E-state index in [0.717, 1.165) is 30.2 Å². The first-order valence-electron chi connectivity index (χ1n) is 11.2. The molecule has 1 aliphatic carbocycles. The van der Waals surface area contributed by atoms with E-state index < -0.39 is 58.5 Å². The summed E-state index contributed by atoms with van der Waals surface area (Å²) in [6, 6.07) is 4.24. The molecule has 0 bridgehead atoms. The molecule has 204 valence electrons. The van der Waals surface area contributed by atoms with E-state index in [9.17, 15) is 40.8 Å². The van der Waals surface area contributed by atoms with Crippen molar-refractivity contribution in [2.45, 2.75) is 50.8 Å². The molecule has 1 aliphatic heterocycles. The third-order valence-corrected chi connectivity index (χ3v) is 6.77. The van der Waals surface area contributed by atoms with Gasteiger partial charge in [0.1, 0.15) is 5.82 Å². The maximum atomic E-state index is 14.6. The van der Waals surface area contributed by atoms with Gasteiger partial charge in [0.15, 0.2) is 17.9 Å². The van der Waals surface area contributed by atoms with Gasteiger partial charge in [-0.2, -0.15) is 32.3 Å². The molecule has 0 amide bonds. The molecule has 1 aromatic carbocycles. The monoisotopic (exact) mass is 565 g/mol. The summed E-state index contributed by atoms with van der Waals surface area (Å²) in [6.07, 6.45) is -11.5. The zero-order chi connectivity index (χ0) is 28.2. The second kappa shape index (κ2) is 9.44. The van der Waals surface area contributed by atoms with Crippen molar-refractivity contribution in [1.29, 1.82) is 5.26 Å². The fourth-order valence-electron chi connectivity index (χ4n) is 4.03. The number of hydrogen-bond acceptors (Lipinski definition) is 6. The molecular weight excluding hydrogens is 547 g/mol. The summed E-state index contributed by atoms with van der Waals surface area (Å²) < 4.78 is 102. The van der Waals surface area contributed by atoms with Crippen LogP contribution in [0.25, 0.3) is 11.1 Å². The highest BCUT2D eigenvalue weighted by Gasteiger charge is 2.58. The highest BCUT2D eigenvalue weighted by Crippen LogP contribution is 2.49. The second-order valence-corrected chi connectivity index (χ2v) is 9.62. The van der Waals surface area contributed by atoms with Crippen molar-refractivity contribution in [1.82, 2.24) is 14.8 Å². The molecule has 3 unspecified atom stereocenters. The maximum Gasteiger partial charge on any atom is 0.430 e. The Kier molecular flexibility index (Phi) is 6.88. The smallest absolute Gasteiger partial charge is 0.414 e. The molecule has 15 heteroatoms. The van der Waals surface area contributed by atoms with E-state index in [-0.39, 0.29) is 23.1 Å². The highest BCUT2D eigenvalue weighted by atomic mass is 35.5. The number of alkyl halides is 6. The van der Waals surface area contributed by atoms with Crippen LogP contribution in [0, 0.1) is 28.5 Å². The Labute approximate surface area is 216 Å². The molecule has 2 heterocycles. The van der Waals surface area contributed by atoms with Crippen LogP contribution in [0.15, 0.2) is 29.6 Å². The van der Waals surface area contributed by atoms with Gasteiger partial charge in [0.25, 0.3) is 0 Å².